The Morgan fingerprint density at radius 2 is 1.85 bits per heavy atom. The number of rotatable bonds is 3. The van der Waals surface area contributed by atoms with E-state index in [-0.39, 0.29) is 0 Å². The highest BCUT2D eigenvalue weighted by Crippen LogP contribution is 2.25. The number of amides is 3. The van der Waals surface area contributed by atoms with Gasteiger partial charge >= 0.3 is 12.2 Å². The third kappa shape index (κ3) is 4.07. The molecule has 1 fully saturated rings. The first kappa shape index (κ1) is 18.0. The Labute approximate surface area is 148 Å². The first-order valence-corrected chi connectivity index (χ1v) is 8.25. The van der Waals surface area contributed by atoms with E-state index in [0.29, 0.717) is 25.1 Å². The topological polar surface area (TPSA) is 61.4 Å². The van der Waals surface area contributed by atoms with Crippen molar-refractivity contribution in [1.29, 1.82) is 0 Å². The Balaban J connectivity index is 1.71. The van der Waals surface area contributed by atoms with Crippen molar-refractivity contribution in [2.24, 2.45) is 0 Å². The average molecular weight is 365 g/mol. The fourth-order valence-electron chi connectivity index (χ4n) is 3.11. The van der Waals surface area contributed by atoms with E-state index in [9.17, 15) is 22.8 Å². The molecule has 0 bridgehead atoms. The number of urea groups is 1. The van der Waals surface area contributed by atoms with Gasteiger partial charge < -0.3 is 15.5 Å². The molecule has 3 amide bonds. The molecule has 0 unspecified atom stereocenters. The van der Waals surface area contributed by atoms with E-state index in [1.807, 2.05) is 35.6 Å². The lowest BCUT2D eigenvalue weighted by atomic mass is 10.1. The van der Waals surface area contributed by atoms with Crippen LogP contribution in [0.1, 0.15) is 12.8 Å². The Morgan fingerprint density at radius 1 is 1.12 bits per heavy atom. The number of anilines is 1. The molecule has 0 aliphatic carbocycles. The first-order chi connectivity index (χ1) is 12.3. The Kier molecular flexibility index (Phi) is 5.01. The van der Waals surface area contributed by atoms with E-state index in [2.05, 4.69) is 5.32 Å². The Hall–Kier alpha value is -2.77. The molecule has 3 rings (SSSR count). The second-order valence-corrected chi connectivity index (χ2v) is 6.14. The van der Waals surface area contributed by atoms with Gasteiger partial charge in [0.2, 0.25) is 5.91 Å². The molecule has 0 saturated carbocycles. The molecule has 2 N–H and O–H groups in total. The average Bonchev–Trinajstić information content (AvgIpc) is 3.09. The van der Waals surface area contributed by atoms with Gasteiger partial charge in [0.1, 0.15) is 12.6 Å². The van der Waals surface area contributed by atoms with Crippen LogP contribution in [0.15, 0.2) is 42.5 Å². The third-order valence-corrected chi connectivity index (χ3v) is 4.31. The molecule has 0 aromatic heterocycles. The summed E-state index contributed by atoms with van der Waals surface area (Å²) in [7, 11) is 0. The lowest BCUT2D eigenvalue weighted by Gasteiger charge is -2.24. The van der Waals surface area contributed by atoms with Crippen LogP contribution in [0.2, 0.25) is 0 Å². The summed E-state index contributed by atoms with van der Waals surface area (Å²) in [5, 5.41) is 6.42. The molecular formula is C18H18F3N3O2. The normalized spacial score (nSPS) is 17.3. The summed E-state index contributed by atoms with van der Waals surface area (Å²) in [5.74, 6) is -0.784. The highest BCUT2D eigenvalue weighted by Gasteiger charge is 2.36. The summed E-state index contributed by atoms with van der Waals surface area (Å²) < 4.78 is 36.9. The van der Waals surface area contributed by atoms with Gasteiger partial charge in [-0.1, -0.05) is 36.4 Å². The van der Waals surface area contributed by atoms with Crippen LogP contribution >= 0.6 is 0 Å². The van der Waals surface area contributed by atoms with Crippen LogP contribution in [-0.4, -0.2) is 42.1 Å². The number of carbonyl (C=O) groups excluding carboxylic acids is 2. The summed E-state index contributed by atoms with van der Waals surface area (Å²) in [5.41, 5.74) is 0.592. The van der Waals surface area contributed by atoms with Crippen molar-refractivity contribution in [3.05, 3.63) is 42.5 Å². The van der Waals surface area contributed by atoms with Gasteiger partial charge in [-0.3, -0.25) is 4.79 Å². The summed E-state index contributed by atoms with van der Waals surface area (Å²) in [6, 6.07) is 11.6. The Bertz CT molecular complexity index is 817. The number of nitrogens with zero attached hydrogens (tertiary/aromatic N) is 1. The number of carbonyl (C=O) groups is 2. The van der Waals surface area contributed by atoms with Gasteiger partial charge in [0, 0.05) is 11.9 Å². The van der Waals surface area contributed by atoms with Crippen molar-refractivity contribution in [1.82, 2.24) is 10.2 Å². The smallest absolute Gasteiger partial charge is 0.345 e. The van der Waals surface area contributed by atoms with E-state index in [4.69, 9.17) is 0 Å². The molecule has 1 heterocycles. The fourth-order valence-corrected chi connectivity index (χ4v) is 3.11. The fraction of sp³-hybridized carbons (Fsp3) is 0.333. The maximum Gasteiger partial charge on any atom is 0.405 e. The zero-order chi connectivity index (χ0) is 18.7. The second kappa shape index (κ2) is 7.23. The lowest BCUT2D eigenvalue weighted by Crippen LogP contribution is -2.49. The summed E-state index contributed by atoms with van der Waals surface area (Å²) in [6.45, 7) is -1.08. The molecule has 26 heavy (non-hydrogen) atoms. The van der Waals surface area contributed by atoms with E-state index in [1.165, 1.54) is 4.90 Å². The van der Waals surface area contributed by atoms with Crippen molar-refractivity contribution in [3.8, 4) is 0 Å². The molecule has 0 radical (unpaired) electrons. The van der Waals surface area contributed by atoms with Crippen LogP contribution in [0.3, 0.4) is 0 Å². The number of alkyl halides is 3. The molecular weight excluding hydrogens is 347 g/mol. The highest BCUT2D eigenvalue weighted by molar-refractivity contribution is 6.02. The van der Waals surface area contributed by atoms with Crippen LogP contribution in [0, 0.1) is 0 Å². The van der Waals surface area contributed by atoms with Crippen LogP contribution in [0.4, 0.5) is 23.7 Å². The largest absolute Gasteiger partial charge is 0.405 e. The van der Waals surface area contributed by atoms with Gasteiger partial charge in [0.15, 0.2) is 0 Å². The van der Waals surface area contributed by atoms with Crippen molar-refractivity contribution in [3.63, 3.8) is 0 Å². The zero-order valence-corrected chi connectivity index (χ0v) is 13.8. The third-order valence-electron chi connectivity index (χ3n) is 4.31. The summed E-state index contributed by atoms with van der Waals surface area (Å²) in [4.78, 5) is 25.9. The number of likely N-dealkylation sites (tertiary alicyclic amines) is 1. The minimum atomic E-state index is -4.48. The lowest BCUT2D eigenvalue weighted by molar-refractivity contribution is -0.140. The number of fused-ring (bicyclic) bond motifs is 1. The zero-order valence-electron chi connectivity index (χ0n) is 13.8. The van der Waals surface area contributed by atoms with Gasteiger partial charge in [0.05, 0.1) is 5.69 Å². The molecule has 2 aromatic rings. The van der Waals surface area contributed by atoms with Crippen molar-refractivity contribution < 1.29 is 22.8 Å². The number of hydrogen-bond donors (Lipinski definition) is 2. The molecule has 0 spiro atoms. The molecule has 1 aliphatic heterocycles. The highest BCUT2D eigenvalue weighted by atomic mass is 19.4. The quantitative estimate of drug-likeness (QED) is 0.874. The van der Waals surface area contributed by atoms with Gasteiger partial charge in [-0.05, 0) is 24.3 Å². The van der Waals surface area contributed by atoms with Crippen molar-refractivity contribution >= 4 is 28.4 Å². The molecule has 1 saturated heterocycles. The second-order valence-electron chi connectivity index (χ2n) is 6.14. The van der Waals surface area contributed by atoms with E-state index in [1.54, 1.807) is 12.1 Å². The van der Waals surface area contributed by atoms with E-state index < -0.39 is 30.7 Å². The molecule has 1 aliphatic rings. The molecule has 138 valence electrons. The van der Waals surface area contributed by atoms with Crippen molar-refractivity contribution in [2.45, 2.75) is 25.1 Å². The maximum absolute atomic E-state index is 12.6. The minimum Gasteiger partial charge on any atom is -0.345 e. The first-order valence-electron chi connectivity index (χ1n) is 8.25. The van der Waals surface area contributed by atoms with Crippen LogP contribution in [-0.2, 0) is 4.79 Å². The minimum absolute atomic E-state index is 0.320. The van der Waals surface area contributed by atoms with Gasteiger partial charge in [-0.15, -0.1) is 0 Å². The summed E-state index contributed by atoms with van der Waals surface area (Å²) >= 11 is 0. The SMILES string of the molecule is O=C(NCC(F)(F)F)[C@@H]1CCCN1C(=O)Nc1cccc2ccccc12. The molecule has 8 heteroatoms. The maximum atomic E-state index is 12.6. The van der Waals surface area contributed by atoms with E-state index >= 15 is 0 Å². The number of benzene rings is 2. The molecule has 1 atom stereocenters. The monoisotopic (exact) mass is 365 g/mol. The van der Waals surface area contributed by atoms with Gasteiger partial charge in [-0.2, -0.15) is 13.2 Å². The standard InChI is InChI=1S/C18H18F3N3O2/c19-18(20,21)11-22-16(25)15-9-4-10-24(15)17(26)23-14-8-3-6-12-5-1-2-7-13(12)14/h1-3,5-8,15H,4,9-11H2,(H,22,25)(H,23,26)/t15-/m0/s1. The number of hydrogen-bond acceptors (Lipinski definition) is 2. The number of halogens is 3. The Morgan fingerprint density at radius 3 is 2.62 bits per heavy atom. The number of nitrogens with one attached hydrogen (secondary N) is 2. The summed E-state index contributed by atoms with van der Waals surface area (Å²) in [6.07, 6.45) is -3.58. The van der Waals surface area contributed by atoms with Crippen LogP contribution in [0.25, 0.3) is 10.8 Å². The molecule has 5 nitrogen and oxygen atoms in total. The molecule has 2 aromatic carbocycles. The van der Waals surface area contributed by atoms with Gasteiger partial charge in [0.25, 0.3) is 0 Å². The van der Waals surface area contributed by atoms with E-state index in [0.717, 1.165) is 10.8 Å². The predicted molar refractivity (Wildman–Crippen MR) is 91.8 cm³/mol. The van der Waals surface area contributed by atoms with Crippen molar-refractivity contribution in [2.75, 3.05) is 18.4 Å². The van der Waals surface area contributed by atoms with Crippen LogP contribution < -0.4 is 10.6 Å². The van der Waals surface area contributed by atoms with Gasteiger partial charge in [-0.25, -0.2) is 4.79 Å². The predicted octanol–water partition coefficient (Wildman–Crippen LogP) is 3.51. The van der Waals surface area contributed by atoms with Crippen LogP contribution in [0.5, 0.6) is 0 Å².